The van der Waals surface area contributed by atoms with E-state index < -0.39 is 0 Å². The molecule has 0 spiro atoms. The van der Waals surface area contributed by atoms with E-state index in [0.29, 0.717) is 5.82 Å². The Morgan fingerprint density at radius 1 is 0.941 bits per heavy atom. The first kappa shape index (κ1) is 9.78. The van der Waals surface area contributed by atoms with Gasteiger partial charge in [-0.3, -0.25) is 0 Å². The zero-order valence-corrected chi connectivity index (χ0v) is 9.00. The van der Waals surface area contributed by atoms with Crippen LogP contribution in [0, 0.1) is 6.07 Å². The summed E-state index contributed by atoms with van der Waals surface area (Å²) in [6.07, 6.45) is 1.33. The van der Waals surface area contributed by atoms with Crippen LogP contribution in [0.2, 0.25) is 0 Å². The van der Waals surface area contributed by atoms with Crippen LogP contribution in [0.25, 0.3) is 22.5 Å². The van der Waals surface area contributed by atoms with Gasteiger partial charge in [-0.1, -0.05) is 47.6 Å². The second-order valence-electron chi connectivity index (χ2n) is 3.62. The predicted molar refractivity (Wildman–Crippen MR) is 64.0 cm³/mol. The molecule has 0 fully saturated rings. The first-order chi connectivity index (χ1) is 8.43. The van der Waals surface area contributed by atoms with Gasteiger partial charge in [0.2, 0.25) is 12.2 Å². The SMILES string of the molecule is [c]1cccc(-c2ccc(-c3ncon3)cc2)c1. The maximum Gasteiger partial charge on any atom is 0.214 e. The summed E-state index contributed by atoms with van der Waals surface area (Å²) in [4.78, 5) is 4.00. The van der Waals surface area contributed by atoms with Crippen LogP contribution in [-0.2, 0) is 0 Å². The van der Waals surface area contributed by atoms with Crippen molar-refractivity contribution in [3.8, 4) is 22.5 Å². The number of rotatable bonds is 2. The Hall–Kier alpha value is -2.42. The zero-order chi connectivity index (χ0) is 11.5. The number of benzene rings is 2. The molecule has 3 aromatic rings. The van der Waals surface area contributed by atoms with Crippen LogP contribution in [0.15, 0.2) is 59.4 Å². The lowest BCUT2D eigenvalue weighted by molar-refractivity contribution is 0.419. The molecule has 0 atom stereocenters. The van der Waals surface area contributed by atoms with Crippen molar-refractivity contribution in [1.29, 1.82) is 0 Å². The van der Waals surface area contributed by atoms with Crippen LogP contribution >= 0.6 is 0 Å². The number of aromatic nitrogens is 2. The maximum absolute atomic E-state index is 4.72. The first-order valence-corrected chi connectivity index (χ1v) is 5.27. The molecule has 0 aliphatic heterocycles. The highest BCUT2D eigenvalue weighted by Gasteiger charge is 2.03. The van der Waals surface area contributed by atoms with Crippen molar-refractivity contribution in [2.45, 2.75) is 0 Å². The van der Waals surface area contributed by atoms with E-state index in [-0.39, 0.29) is 0 Å². The van der Waals surface area contributed by atoms with E-state index in [2.05, 4.69) is 22.3 Å². The average Bonchev–Trinajstić information content (AvgIpc) is 2.94. The summed E-state index contributed by atoms with van der Waals surface area (Å²) in [6, 6.07) is 19.0. The summed E-state index contributed by atoms with van der Waals surface area (Å²) in [5.74, 6) is 0.608. The van der Waals surface area contributed by atoms with Crippen molar-refractivity contribution < 1.29 is 4.52 Å². The van der Waals surface area contributed by atoms with Crippen molar-refractivity contribution in [2.24, 2.45) is 0 Å². The van der Waals surface area contributed by atoms with Crippen LogP contribution in [0.4, 0.5) is 0 Å². The fourth-order valence-electron chi connectivity index (χ4n) is 1.68. The molecular formula is C14H9N2O. The van der Waals surface area contributed by atoms with Gasteiger partial charge in [-0.15, -0.1) is 0 Å². The second kappa shape index (κ2) is 4.22. The van der Waals surface area contributed by atoms with Gasteiger partial charge in [-0.05, 0) is 23.3 Å². The Labute approximate surface area is 98.7 Å². The van der Waals surface area contributed by atoms with Crippen molar-refractivity contribution >= 4 is 0 Å². The second-order valence-corrected chi connectivity index (χ2v) is 3.62. The minimum Gasteiger partial charge on any atom is -0.342 e. The largest absolute Gasteiger partial charge is 0.342 e. The lowest BCUT2D eigenvalue weighted by atomic mass is 10.0. The quantitative estimate of drug-likeness (QED) is 0.667. The molecule has 3 heteroatoms. The summed E-state index contributed by atoms with van der Waals surface area (Å²) in [5.41, 5.74) is 3.24. The van der Waals surface area contributed by atoms with Crippen molar-refractivity contribution in [3.05, 3.63) is 61.0 Å². The Bertz CT molecular complexity index is 586. The fraction of sp³-hybridized carbons (Fsp3) is 0. The molecule has 0 aliphatic rings. The zero-order valence-electron chi connectivity index (χ0n) is 9.00. The van der Waals surface area contributed by atoms with Gasteiger partial charge in [-0.25, -0.2) is 0 Å². The molecule has 0 saturated heterocycles. The Morgan fingerprint density at radius 2 is 1.76 bits per heavy atom. The number of hydrogen-bond donors (Lipinski definition) is 0. The van der Waals surface area contributed by atoms with Crippen molar-refractivity contribution in [2.75, 3.05) is 0 Å². The molecule has 1 heterocycles. The van der Waals surface area contributed by atoms with E-state index in [9.17, 15) is 0 Å². The van der Waals surface area contributed by atoms with Gasteiger partial charge >= 0.3 is 0 Å². The van der Waals surface area contributed by atoms with Gasteiger partial charge in [0, 0.05) is 5.56 Å². The van der Waals surface area contributed by atoms with E-state index in [1.807, 2.05) is 42.5 Å². The molecule has 1 radical (unpaired) electrons. The molecule has 0 saturated carbocycles. The van der Waals surface area contributed by atoms with Crippen molar-refractivity contribution in [3.63, 3.8) is 0 Å². The Morgan fingerprint density at radius 3 is 2.41 bits per heavy atom. The van der Waals surface area contributed by atoms with Gasteiger partial charge in [0.15, 0.2) is 0 Å². The summed E-state index contributed by atoms with van der Waals surface area (Å²) >= 11 is 0. The predicted octanol–water partition coefficient (Wildman–Crippen LogP) is 3.20. The lowest BCUT2D eigenvalue weighted by Gasteiger charge is -2.01. The summed E-state index contributed by atoms with van der Waals surface area (Å²) in [7, 11) is 0. The lowest BCUT2D eigenvalue weighted by Crippen LogP contribution is -1.81. The summed E-state index contributed by atoms with van der Waals surface area (Å²) < 4.78 is 4.72. The molecule has 1 aromatic heterocycles. The van der Waals surface area contributed by atoms with E-state index in [1.54, 1.807) is 0 Å². The van der Waals surface area contributed by atoms with E-state index in [0.717, 1.165) is 16.7 Å². The standard InChI is InChI=1S/C14H9N2O/c1-2-4-11(5-3-1)12-6-8-13(9-7-12)14-15-10-17-16-14/h1-2,4-10H. The van der Waals surface area contributed by atoms with Gasteiger partial charge in [0.25, 0.3) is 0 Å². The van der Waals surface area contributed by atoms with Gasteiger partial charge < -0.3 is 4.52 Å². The van der Waals surface area contributed by atoms with Crippen LogP contribution in [0.5, 0.6) is 0 Å². The van der Waals surface area contributed by atoms with Gasteiger partial charge in [0.1, 0.15) is 0 Å². The molecule has 0 N–H and O–H groups in total. The van der Waals surface area contributed by atoms with Crippen LogP contribution in [0.1, 0.15) is 0 Å². The third-order valence-electron chi connectivity index (χ3n) is 2.54. The monoisotopic (exact) mass is 221 g/mol. The van der Waals surface area contributed by atoms with Gasteiger partial charge in [-0.2, -0.15) is 4.98 Å². The number of nitrogens with zero attached hydrogens (tertiary/aromatic N) is 2. The smallest absolute Gasteiger partial charge is 0.214 e. The highest BCUT2D eigenvalue weighted by atomic mass is 16.5. The van der Waals surface area contributed by atoms with Crippen molar-refractivity contribution in [1.82, 2.24) is 10.1 Å². The molecule has 3 rings (SSSR count). The minimum absolute atomic E-state index is 0.608. The fourth-order valence-corrected chi connectivity index (χ4v) is 1.68. The van der Waals surface area contributed by atoms with E-state index >= 15 is 0 Å². The Kier molecular flexibility index (Phi) is 2.43. The Balaban J connectivity index is 1.96. The molecule has 0 aliphatic carbocycles. The molecular weight excluding hydrogens is 212 g/mol. The van der Waals surface area contributed by atoms with E-state index in [1.165, 1.54) is 6.39 Å². The molecule has 17 heavy (non-hydrogen) atoms. The average molecular weight is 221 g/mol. The van der Waals surface area contributed by atoms with Crippen LogP contribution in [-0.4, -0.2) is 10.1 Å². The number of hydrogen-bond acceptors (Lipinski definition) is 3. The minimum atomic E-state index is 0.608. The molecule has 2 aromatic carbocycles. The third-order valence-corrected chi connectivity index (χ3v) is 2.54. The summed E-state index contributed by atoms with van der Waals surface area (Å²) in [6.45, 7) is 0. The molecule has 0 unspecified atom stereocenters. The van der Waals surface area contributed by atoms with Crippen LogP contribution in [0.3, 0.4) is 0 Å². The molecule has 3 nitrogen and oxygen atoms in total. The highest BCUT2D eigenvalue weighted by molar-refractivity contribution is 5.67. The normalized spacial score (nSPS) is 10.4. The van der Waals surface area contributed by atoms with Gasteiger partial charge in [0.05, 0.1) is 0 Å². The van der Waals surface area contributed by atoms with Crippen LogP contribution < -0.4 is 0 Å². The highest BCUT2D eigenvalue weighted by Crippen LogP contribution is 2.22. The molecule has 81 valence electrons. The van der Waals surface area contributed by atoms with E-state index in [4.69, 9.17) is 4.52 Å². The molecule has 0 bridgehead atoms. The maximum atomic E-state index is 4.72. The molecule has 0 amide bonds. The third kappa shape index (κ3) is 1.95. The summed E-state index contributed by atoms with van der Waals surface area (Å²) in [5, 5.41) is 3.80. The first-order valence-electron chi connectivity index (χ1n) is 5.27. The topological polar surface area (TPSA) is 38.9 Å².